The van der Waals surface area contributed by atoms with Crippen LogP contribution < -0.4 is 5.32 Å². The lowest BCUT2D eigenvalue weighted by atomic mass is 10.1. The van der Waals surface area contributed by atoms with Gasteiger partial charge in [-0.15, -0.1) is 0 Å². The summed E-state index contributed by atoms with van der Waals surface area (Å²) in [7, 11) is 0. The van der Waals surface area contributed by atoms with Crippen molar-refractivity contribution in [1.82, 2.24) is 5.32 Å². The fourth-order valence-electron chi connectivity index (χ4n) is 0.942. The Balaban J connectivity index is 3.73. The molecule has 1 atom stereocenters. The first-order valence-corrected chi connectivity index (χ1v) is 5.81. The van der Waals surface area contributed by atoms with Crippen molar-refractivity contribution in [2.45, 2.75) is 19.8 Å². The van der Waals surface area contributed by atoms with Crippen molar-refractivity contribution in [3.8, 4) is 6.07 Å². The van der Waals surface area contributed by atoms with E-state index in [4.69, 9.17) is 5.26 Å². The van der Waals surface area contributed by atoms with Crippen LogP contribution in [0.4, 0.5) is 0 Å². The predicted molar refractivity (Wildman–Crippen MR) is 55.4 cm³/mol. The summed E-state index contributed by atoms with van der Waals surface area (Å²) < 4.78 is 0. The minimum Gasteiger partial charge on any atom is -0.354 e. The average Bonchev–Trinajstić information content (AvgIpc) is 2.14. The number of hydrogen-bond acceptors (Lipinski definition) is 3. The number of hydrogen-bond donors (Lipinski definition) is 1. The molecule has 1 amide bonds. The van der Waals surface area contributed by atoms with Gasteiger partial charge in [0, 0.05) is 12.3 Å². The van der Waals surface area contributed by atoms with Gasteiger partial charge in [0.15, 0.2) is 0 Å². The van der Waals surface area contributed by atoms with Crippen LogP contribution in [0, 0.1) is 17.2 Å². The van der Waals surface area contributed by atoms with E-state index in [0.29, 0.717) is 13.0 Å². The Morgan fingerprint density at radius 2 is 2.38 bits per heavy atom. The highest BCUT2D eigenvalue weighted by Crippen LogP contribution is 2.04. The molecule has 0 aromatic rings. The predicted octanol–water partition coefficient (Wildman–Crippen LogP) is 1.41. The SMILES string of the molecule is CCCC(C#N)C(=O)NCCSC. The van der Waals surface area contributed by atoms with E-state index in [-0.39, 0.29) is 5.91 Å². The number of thioether (sulfide) groups is 1. The Kier molecular flexibility index (Phi) is 7.51. The van der Waals surface area contributed by atoms with Crippen LogP contribution in [0.5, 0.6) is 0 Å². The lowest BCUT2D eigenvalue weighted by molar-refractivity contribution is -0.123. The molecule has 0 aromatic heterocycles. The molecule has 3 nitrogen and oxygen atoms in total. The maximum Gasteiger partial charge on any atom is 0.237 e. The largest absolute Gasteiger partial charge is 0.354 e. The fourth-order valence-corrected chi connectivity index (χ4v) is 1.25. The highest BCUT2D eigenvalue weighted by molar-refractivity contribution is 7.98. The number of nitrogens with zero attached hydrogens (tertiary/aromatic N) is 1. The highest BCUT2D eigenvalue weighted by atomic mass is 32.2. The van der Waals surface area contributed by atoms with Gasteiger partial charge in [0.05, 0.1) is 6.07 Å². The van der Waals surface area contributed by atoms with E-state index < -0.39 is 5.92 Å². The van der Waals surface area contributed by atoms with Crippen LogP contribution in [0.15, 0.2) is 0 Å². The van der Waals surface area contributed by atoms with Gasteiger partial charge in [0.1, 0.15) is 5.92 Å². The maximum absolute atomic E-state index is 11.3. The number of rotatable bonds is 6. The molecule has 1 N–H and O–H groups in total. The summed E-state index contributed by atoms with van der Waals surface area (Å²) in [5.74, 6) is 0.306. The van der Waals surface area contributed by atoms with Crippen LogP contribution in [0.25, 0.3) is 0 Å². The van der Waals surface area contributed by atoms with Crippen molar-refractivity contribution in [1.29, 1.82) is 5.26 Å². The molecule has 74 valence electrons. The number of carbonyl (C=O) groups excluding carboxylic acids is 1. The van der Waals surface area contributed by atoms with Gasteiger partial charge in [-0.3, -0.25) is 4.79 Å². The Morgan fingerprint density at radius 1 is 1.69 bits per heavy atom. The Labute approximate surface area is 83.9 Å². The molecule has 1 unspecified atom stereocenters. The Morgan fingerprint density at radius 3 is 2.85 bits per heavy atom. The summed E-state index contributed by atoms with van der Waals surface area (Å²) in [5, 5.41) is 11.4. The molecular formula is C9H16N2OS. The lowest BCUT2D eigenvalue weighted by Crippen LogP contribution is -2.31. The van der Waals surface area contributed by atoms with Crippen molar-refractivity contribution in [3.05, 3.63) is 0 Å². The van der Waals surface area contributed by atoms with Crippen LogP contribution in [-0.4, -0.2) is 24.5 Å². The molecule has 0 spiro atoms. The topological polar surface area (TPSA) is 52.9 Å². The molecule has 0 heterocycles. The second-order valence-electron chi connectivity index (χ2n) is 2.75. The number of amides is 1. The molecule has 0 fully saturated rings. The van der Waals surface area contributed by atoms with Gasteiger partial charge >= 0.3 is 0 Å². The number of nitriles is 1. The average molecular weight is 200 g/mol. The zero-order valence-corrected chi connectivity index (χ0v) is 8.99. The van der Waals surface area contributed by atoms with Gasteiger partial charge < -0.3 is 5.32 Å². The second-order valence-corrected chi connectivity index (χ2v) is 3.74. The quantitative estimate of drug-likeness (QED) is 0.659. The molecule has 0 bridgehead atoms. The standard InChI is InChI=1S/C9H16N2OS/c1-3-4-8(7-10)9(12)11-5-6-13-2/h8H,3-6H2,1-2H3,(H,11,12). The van der Waals surface area contributed by atoms with E-state index in [1.807, 2.05) is 19.2 Å². The van der Waals surface area contributed by atoms with Gasteiger partial charge in [-0.25, -0.2) is 0 Å². The molecule has 0 saturated heterocycles. The third kappa shape index (κ3) is 5.53. The monoisotopic (exact) mass is 200 g/mol. The highest BCUT2D eigenvalue weighted by Gasteiger charge is 2.15. The van der Waals surface area contributed by atoms with Gasteiger partial charge in [-0.05, 0) is 12.7 Å². The summed E-state index contributed by atoms with van der Waals surface area (Å²) >= 11 is 1.68. The molecule has 0 saturated carbocycles. The van der Waals surface area contributed by atoms with Crippen molar-refractivity contribution in [3.63, 3.8) is 0 Å². The molecule has 0 aromatic carbocycles. The van der Waals surface area contributed by atoms with Crippen molar-refractivity contribution < 1.29 is 4.79 Å². The fraction of sp³-hybridized carbons (Fsp3) is 0.778. The molecule has 0 aliphatic heterocycles. The third-order valence-corrected chi connectivity index (χ3v) is 2.27. The summed E-state index contributed by atoms with van der Waals surface area (Å²) in [5.41, 5.74) is 0. The van der Waals surface area contributed by atoms with E-state index >= 15 is 0 Å². The van der Waals surface area contributed by atoms with Crippen LogP contribution in [-0.2, 0) is 4.79 Å². The molecule has 0 rings (SSSR count). The van der Waals surface area contributed by atoms with Crippen LogP contribution in [0.2, 0.25) is 0 Å². The first kappa shape index (κ1) is 12.3. The summed E-state index contributed by atoms with van der Waals surface area (Å²) in [6, 6.07) is 2.01. The Bertz CT molecular complexity index is 189. The van der Waals surface area contributed by atoms with Crippen LogP contribution in [0.3, 0.4) is 0 Å². The molecular weight excluding hydrogens is 184 g/mol. The van der Waals surface area contributed by atoms with E-state index in [1.165, 1.54) is 0 Å². The zero-order valence-electron chi connectivity index (χ0n) is 8.17. The van der Waals surface area contributed by atoms with E-state index in [2.05, 4.69) is 5.32 Å². The summed E-state index contributed by atoms with van der Waals surface area (Å²) in [6.07, 6.45) is 3.51. The van der Waals surface area contributed by atoms with Gasteiger partial charge in [0.25, 0.3) is 0 Å². The maximum atomic E-state index is 11.3. The van der Waals surface area contributed by atoms with E-state index in [0.717, 1.165) is 12.2 Å². The second kappa shape index (κ2) is 7.93. The molecule has 0 aliphatic carbocycles. The number of nitrogens with one attached hydrogen (secondary N) is 1. The summed E-state index contributed by atoms with van der Waals surface area (Å²) in [4.78, 5) is 11.3. The number of carbonyl (C=O) groups is 1. The van der Waals surface area contributed by atoms with Crippen molar-refractivity contribution in [2.24, 2.45) is 5.92 Å². The first-order chi connectivity index (χ1) is 6.26. The smallest absolute Gasteiger partial charge is 0.237 e. The van der Waals surface area contributed by atoms with Crippen molar-refractivity contribution >= 4 is 17.7 Å². The van der Waals surface area contributed by atoms with Crippen molar-refractivity contribution in [2.75, 3.05) is 18.6 Å². The van der Waals surface area contributed by atoms with Crippen LogP contribution >= 0.6 is 11.8 Å². The minimum absolute atomic E-state index is 0.126. The van der Waals surface area contributed by atoms with E-state index in [9.17, 15) is 4.79 Å². The minimum atomic E-state index is -0.466. The van der Waals surface area contributed by atoms with Crippen LogP contribution in [0.1, 0.15) is 19.8 Å². The molecule has 13 heavy (non-hydrogen) atoms. The van der Waals surface area contributed by atoms with Gasteiger partial charge in [-0.1, -0.05) is 13.3 Å². The zero-order chi connectivity index (χ0) is 10.1. The van der Waals surface area contributed by atoms with E-state index in [1.54, 1.807) is 11.8 Å². The molecule has 0 radical (unpaired) electrons. The molecule has 4 heteroatoms. The lowest BCUT2D eigenvalue weighted by Gasteiger charge is -2.07. The summed E-state index contributed by atoms with van der Waals surface area (Å²) in [6.45, 7) is 2.63. The molecule has 0 aliphatic rings. The normalized spacial score (nSPS) is 11.8. The third-order valence-electron chi connectivity index (χ3n) is 1.66. The van der Waals surface area contributed by atoms with Gasteiger partial charge in [0.2, 0.25) is 5.91 Å². The van der Waals surface area contributed by atoms with Gasteiger partial charge in [-0.2, -0.15) is 17.0 Å². The first-order valence-electron chi connectivity index (χ1n) is 4.42. The Hall–Kier alpha value is -0.690.